The van der Waals surface area contributed by atoms with Crippen LogP contribution in [0.2, 0.25) is 0 Å². The van der Waals surface area contributed by atoms with Gasteiger partial charge in [-0.3, -0.25) is 0 Å². The summed E-state index contributed by atoms with van der Waals surface area (Å²) in [6.07, 6.45) is 6.66. The summed E-state index contributed by atoms with van der Waals surface area (Å²) < 4.78 is 23.0. The van der Waals surface area contributed by atoms with E-state index in [0.29, 0.717) is 24.7 Å². The minimum atomic E-state index is -0.704. The van der Waals surface area contributed by atoms with Crippen molar-refractivity contribution in [3.8, 4) is 22.6 Å². The fourth-order valence-electron chi connectivity index (χ4n) is 6.53. The number of benzene rings is 6. The van der Waals surface area contributed by atoms with E-state index in [1.807, 2.05) is 72.8 Å². The van der Waals surface area contributed by atoms with Crippen molar-refractivity contribution in [1.29, 1.82) is 0 Å². The van der Waals surface area contributed by atoms with Crippen molar-refractivity contribution in [3.05, 3.63) is 97.1 Å². The molecule has 246 valence electrons. The fourth-order valence-corrected chi connectivity index (χ4v) is 6.53. The van der Waals surface area contributed by atoms with Crippen LogP contribution < -0.4 is 9.47 Å². The Morgan fingerprint density at radius 3 is 1.00 bits per heavy atom. The number of carbonyl (C=O) groups excluding carboxylic acids is 2. The van der Waals surface area contributed by atoms with Gasteiger partial charge in [0.15, 0.2) is 0 Å². The molecule has 6 aromatic rings. The molecule has 6 aromatic carbocycles. The zero-order valence-electron chi connectivity index (χ0n) is 27.8. The van der Waals surface area contributed by atoms with Crippen LogP contribution in [0.4, 0.5) is 9.59 Å². The van der Waals surface area contributed by atoms with Gasteiger partial charge in [0.2, 0.25) is 0 Å². The van der Waals surface area contributed by atoms with E-state index < -0.39 is 12.3 Å². The third-order valence-corrected chi connectivity index (χ3v) is 8.82. The van der Waals surface area contributed by atoms with Crippen molar-refractivity contribution in [2.75, 3.05) is 13.2 Å². The number of unbranched alkanes of at least 4 members (excludes halogenated alkanes) is 6. The molecule has 6 rings (SSSR count). The van der Waals surface area contributed by atoms with Gasteiger partial charge in [0.05, 0.1) is 13.2 Å². The smallest absolute Gasteiger partial charge is 0.434 e. The maximum atomic E-state index is 13.0. The van der Waals surface area contributed by atoms with Crippen molar-refractivity contribution in [3.63, 3.8) is 0 Å². The first-order valence-electron chi connectivity index (χ1n) is 17.2. The zero-order valence-corrected chi connectivity index (χ0v) is 27.8. The Morgan fingerprint density at radius 2 is 0.708 bits per heavy atom. The highest BCUT2D eigenvalue weighted by atomic mass is 16.7. The van der Waals surface area contributed by atoms with Gasteiger partial charge in [-0.25, -0.2) is 9.59 Å². The SMILES string of the molecule is CCCCCCOC(=O)Oc1c2ccccc2c(-c2c3ccccc3c(OC(=O)OCCCCCC)c3ccccc23)c2ccccc12. The Morgan fingerprint density at radius 1 is 0.417 bits per heavy atom. The quantitative estimate of drug-likeness (QED) is 0.0540. The summed E-state index contributed by atoms with van der Waals surface area (Å²) in [5, 5.41) is 6.91. The molecule has 0 aliphatic carbocycles. The molecule has 0 saturated heterocycles. The lowest BCUT2D eigenvalue weighted by atomic mass is 9.85. The molecule has 0 N–H and O–H groups in total. The second-order valence-corrected chi connectivity index (χ2v) is 12.1. The average molecular weight is 643 g/mol. The largest absolute Gasteiger partial charge is 0.513 e. The van der Waals surface area contributed by atoms with Crippen LogP contribution in [-0.2, 0) is 9.47 Å². The van der Waals surface area contributed by atoms with E-state index in [4.69, 9.17) is 18.9 Å². The highest BCUT2D eigenvalue weighted by Crippen LogP contribution is 2.49. The minimum absolute atomic E-state index is 0.325. The first kappa shape index (κ1) is 32.8. The minimum Gasteiger partial charge on any atom is -0.434 e. The van der Waals surface area contributed by atoms with E-state index >= 15 is 0 Å². The molecule has 0 spiro atoms. The van der Waals surface area contributed by atoms with Gasteiger partial charge in [-0.05, 0) is 45.5 Å². The van der Waals surface area contributed by atoms with Gasteiger partial charge in [-0.1, -0.05) is 149 Å². The number of hydrogen-bond acceptors (Lipinski definition) is 6. The van der Waals surface area contributed by atoms with Crippen molar-refractivity contribution in [2.45, 2.75) is 65.2 Å². The van der Waals surface area contributed by atoms with E-state index in [0.717, 1.165) is 106 Å². The number of fused-ring (bicyclic) bond motifs is 4. The van der Waals surface area contributed by atoms with Crippen molar-refractivity contribution in [1.82, 2.24) is 0 Å². The summed E-state index contributed by atoms with van der Waals surface area (Å²) >= 11 is 0. The molecule has 0 aliphatic rings. The molecule has 0 saturated carbocycles. The first-order chi connectivity index (χ1) is 23.6. The first-order valence-corrected chi connectivity index (χ1v) is 17.2. The molecule has 0 atom stereocenters. The van der Waals surface area contributed by atoms with Crippen LogP contribution in [0.3, 0.4) is 0 Å². The summed E-state index contributed by atoms with van der Waals surface area (Å²) in [6.45, 7) is 4.95. The van der Waals surface area contributed by atoms with Gasteiger partial charge in [-0.15, -0.1) is 0 Å². The normalized spacial score (nSPS) is 11.3. The Kier molecular flexibility index (Phi) is 10.7. The van der Waals surface area contributed by atoms with Gasteiger partial charge in [0.25, 0.3) is 0 Å². The van der Waals surface area contributed by atoms with Crippen molar-refractivity contribution >= 4 is 55.4 Å². The average Bonchev–Trinajstić information content (AvgIpc) is 3.12. The molecule has 0 fully saturated rings. The predicted octanol–water partition coefficient (Wildman–Crippen LogP) is 12.2. The number of hydrogen-bond donors (Lipinski definition) is 0. The third kappa shape index (κ3) is 6.93. The second-order valence-electron chi connectivity index (χ2n) is 12.1. The molecule has 48 heavy (non-hydrogen) atoms. The van der Waals surface area contributed by atoms with E-state index in [-0.39, 0.29) is 0 Å². The van der Waals surface area contributed by atoms with Gasteiger partial charge in [0, 0.05) is 21.5 Å². The van der Waals surface area contributed by atoms with Gasteiger partial charge in [0.1, 0.15) is 11.5 Å². The van der Waals surface area contributed by atoms with Crippen LogP contribution in [0.25, 0.3) is 54.2 Å². The van der Waals surface area contributed by atoms with E-state index in [1.165, 1.54) is 0 Å². The van der Waals surface area contributed by atoms with Gasteiger partial charge >= 0.3 is 12.3 Å². The Balaban J connectivity index is 1.49. The third-order valence-electron chi connectivity index (χ3n) is 8.82. The van der Waals surface area contributed by atoms with Crippen molar-refractivity contribution in [2.24, 2.45) is 0 Å². The summed E-state index contributed by atoms with van der Waals surface area (Å²) in [5.74, 6) is 0.942. The predicted molar refractivity (Wildman–Crippen MR) is 194 cm³/mol. The Hall–Kier alpha value is -5.10. The fraction of sp³-hybridized carbons (Fsp3) is 0.286. The molecule has 6 nitrogen and oxygen atoms in total. The lowest BCUT2D eigenvalue weighted by Gasteiger charge is -2.21. The van der Waals surface area contributed by atoms with Crippen LogP contribution in [-0.4, -0.2) is 25.5 Å². The number of carbonyl (C=O) groups is 2. The van der Waals surface area contributed by atoms with Crippen LogP contribution in [0.15, 0.2) is 97.1 Å². The molecule has 0 amide bonds. The van der Waals surface area contributed by atoms with Crippen molar-refractivity contribution < 1.29 is 28.5 Å². The lowest BCUT2D eigenvalue weighted by Crippen LogP contribution is -2.12. The highest BCUT2D eigenvalue weighted by Gasteiger charge is 2.24. The van der Waals surface area contributed by atoms with E-state index in [9.17, 15) is 9.59 Å². The highest BCUT2D eigenvalue weighted by molar-refractivity contribution is 6.26. The molecule has 6 heteroatoms. The number of rotatable bonds is 13. The standard InChI is InChI=1S/C42H42O6/c1-3-5-7-17-27-45-41(43)47-39-33-23-13-9-19-29(33)37(30-20-10-14-24-34(30)39)38-31-21-11-15-25-35(31)40(36-26-16-12-22-32(36)38)48-42(44)46-28-18-8-6-4-2/h9-16,19-26H,3-8,17-18,27-28H2,1-2H3. The molecular formula is C42H42O6. The zero-order chi connectivity index (χ0) is 33.3. The monoisotopic (exact) mass is 642 g/mol. The van der Waals surface area contributed by atoms with Gasteiger partial charge in [-0.2, -0.15) is 0 Å². The maximum absolute atomic E-state index is 13.0. The van der Waals surface area contributed by atoms with E-state index in [2.05, 4.69) is 38.1 Å². The molecule has 0 unspecified atom stereocenters. The Bertz CT molecular complexity index is 1800. The lowest BCUT2D eigenvalue weighted by molar-refractivity contribution is 0.0972. The number of ether oxygens (including phenoxy) is 4. The molecule has 0 aromatic heterocycles. The molecular weight excluding hydrogens is 600 g/mol. The topological polar surface area (TPSA) is 71.1 Å². The maximum Gasteiger partial charge on any atom is 0.513 e. The van der Waals surface area contributed by atoms with Crippen LogP contribution in [0.1, 0.15) is 65.2 Å². The van der Waals surface area contributed by atoms with Crippen LogP contribution in [0.5, 0.6) is 11.5 Å². The second kappa shape index (κ2) is 15.7. The van der Waals surface area contributed by atoms with E-state index in [1.54, 1.807) is 0 Å². The summed E-state index contributed by atoms with van der Waals surface area (Å²) in [4.78, 5) is 26.0. The summed E-state index contributed by atoms with van der Waals surface area (Å²) in [7, 11) is 0. The van der Waals surface area contributed by atoms with Crippen LogP contribution >= 0.6 is 0 Å². The molecule has 0 radical (unpaired) electrons. The summed E-state index contributed by atoms with van der Waals surface area (Å²) in [5.41, 5.74) is 2.00. The van der Waals surface area contributed by atoms with Crippen LogP contribution in [0, 0.1) is 0 Å². The Labute approximate surface area is 281 Å². The van der Waals surface area contributed by atoms with Gasteiger partial charge < -0.3 is 18.9 Å². The molecule has 0 heterocycles. The summed E-state index contributed by atoms with van der Waals surface area (Å²) in [6, 6.07) is 31.9. The molecule has 0 bridgehead atoms. The molecule has 0 aliphatic heterocycles.